The molecule has 1 aromatic heterocycles. The Morgan fingerprint density at radius 3 is 2.09 bits per heavy atom. The molecule has 1 heterocycles. The number of aromatic nitrogens is 1. The topological polar surface area (TPSA) is 126 Å². The average Bonchev–Trinajstić information content (AvgIpc) is 3.14. The third-order valence-corrected chi connectivity index (χ3v) is 5.92. The van der Waals surface area contributed by atoms with Gasteiger partial charge >= 0.3 is 5.97 Å². The van der Waals surface area contributed by atoms with E-state index in [0.717, 1.165) is 16.8 Å². The van der Waals surface area contributed by atoms with Crippen LogP contribution in [0.2, 0.25) is 0 Å². The lowest BCUT2D eigenvalue weighted by atomic mass is 9.93. The van der Waals surface area contributed by atoms with Gasteiger partial charge in [-0.05, 0) is 56.4 Å². The molecule has 0 fully saturated rings. The number of nitrogens with zero attached hydrogens (tertiary/aromatic N) is 1. The molecule has 1 amide bonds. The van der Waals surface area contributed by atoms with Gasteiger partial charge in [-0.15, -0.1) is 0 Å². The molecule has 2 unspecified atom stereocenters. The Labute approximate surface area is 203 Å². The number of primary amides is 1. The molecule has 0 bridgehead atoms. The van der Waals surface area contributed by atoms with Crippen molar-refractivity contribution in [2.24, 2.45) is 5.73 Å². The van der Waals surface area contributed by atoms with E-state index in [1.165, 1.54) is 12.1 Å². The molecule has 3 rings (SSSR count). The lowest BCUT2D eigenvalue weighted by Gasteiger charge is -2.19. The number of carbonyl (C=O) groups is 2. The molecule has 186 valence electrons. The van der Waals surface area contributed by atoms with E-state index in [1.807, 2.05) is 48.7 Å². The van der Waals surface area contributed by atoms with Crippen molar-refractivity contribution in [3.05, 3.63) is 71.8 Å². The average molecular weight is 483 g/mol. The van der Waals surface area contributed by atoms with Gasteiger partial charge in [0.2, 0.25) is 0 Å². The van der Waals surface area contributed by atoms with Gasteiger partial charge in [-0.3, -0.25) is 9.59 Å². The Morgan fingerprint density at radius 2 is 1.54 bits per heavy atom. The summed E-state index contributed by atoms with van der Waals surface area (Å²) in [5.74, 6) is -2.14. The molecule has 0 saturated heterocycles. The first kappa shape index (κ1) is 26.1. The molecule has 2 aromatic carbocycles. The maximum absolute atomic E-state index is 13.8. The fraction of sp³-hybridized carbons (Fsp3) is 0.333. The highest BCUT2D eigenvalue weighted by atomic mass is 19.1. The lowest BCUT2D eigenvalue weighted by molar-refractivity contribution is -0.139. The van der Waals surface area contributed by atoms with Crippen molar-refractivity contribution in [3.8, 4) is 22.3 Å². The van der Waals surface area contributed by atoms with E-state index >= 15 is 0 Å². The van der Waals surface area contributed by atoms with Gasteiger partial charge in [0.25, 0.3) is 5.91 Å². The largest absolute Gasteiger partial charge is 0.481 e. The predicted octanol–water partition coefficient (Wildman–Crippen LogP) is 4.16. The Morgan fingerprint density at radius 1 is 0.943 bits per heavy atom. The number of aliphatic hydroxyl groups is 2. The minimum Gasteiger partial charge on any atom is -0.481 e. The molecule has 0 spiro atoms. The summed E-state index contributed by atoms with van der Waals surface area (Å²) in [6.45, 7) is 3.85. The maximum Gasteiger partial charge on any atom is 0.305 e. The minimum atomic E-state index is -1.17. The highest BCUT2D eigenvalue weighted by Crippen LogP contribution is 2.42. The van der Waals surface area contributed by atoms with Crippen LogP contribution < -0.4 is 5.73 Å². The van der Waals surface area contributed by atoms with Crippen LogP contribution in [0.4, 0.5) is 4.39 Å². The van der Waals surface area contributed by atoms with Gasteiger partial charge in [-0.25, -0.2) is 4.39 Å². The number of hydrogen-bond acceptors (Lipinski definition) is 4. The zero-order valence-electron chi connectivity index (χ0n) is 19.8. The summed E-state index contributed by atoms with van der Waals surface area (Å²) in [5.41, 5.74) is 9.77. The predicted molar refractivity (Wildman–Crippen MR) is 131 cm³/mol. The number of aliphatic hydroxyl groups excluding tert-OH is 2. The van der Waals surface area contributed by atoms with Gasteiger partial charge in [-0.2, -0.15) is 0 Å². The molecule has 5 N–H and O–H groups in total. The molecule has 35 heavy (non-hydrogen) atoms. The highest BCUT2D eigenvalue weighted by Gasteiger charge is 2.29. The van der Waals surface area contributed by atoms with Crippen LogP contribution in [-0.4, -0.2) is 44.0 Å². The number of carbonyl (C=O) groups excluding carboxylic acids is 1. The van der Waals surface area contributed by atoms with E-state index in [9.17, 15) is 24.2 Å². The molecule has 0 aliphatic carbocycles. The summed E-state index contributed by atoms with van der Waals surface area (Å²) < 4.78 is 15.6. The van der Waals surface area contributed by atoms with Crippen LogP contribution in [0.1, 0.15) is 55.3 Å². The van der Waals surface area contributed by atoms with Gasteiger partial charge in [0, 0.05) is 22.9 Å². The first-order chi connectivity index (χ1) is 16.6. The second kappa shape index (κ2) is 11.3. The zero-order valence-corrected chi connectivity index (χ0v) is 19.8. The normalized spacial score (nSPS) is 13.1. The molecule has 7 nitrogen and oxygen atoms in total. The number of carboxylic acids is 1. The molecule has 2 atom stereocenters. The van der Waals surface area contributed by atoms with Gasteiger partial charge in [0.1, 0.15) is 11.5 Å². The fourth-order valence-electron chi connectivity index (χ4n) is 4.53. The Balaban J connectivity index is 2.16. The smallest absolute Gasteiger partial charge is 0.305 e. The Hall–Kier alpha value is -3.49. The van der Waals surface area contributed by atoms with Crippen molar-refractivity contribution in [2.45, 2.75) is 57.8 Å². The van der Waals surface area contributed by atoms with E-state index in [-0.39, 0.29) is 18.9 Å². The molecular formula is C27H31FN2O5. The fourth-order valence-corrected chi connectivity index (χ4v) is 4.53. The molecular weight excluding hydrogens is 451 g/mol. The second-order valence-corrected chi connectivity index (χ2v) is 8.93. The summed E-state index contributed by atoms with van der Waals surface area (Å²) >= 11 is 0. The van der Waals surface area contributed by atoms with Crippen LogP contribution in [-0.2, 0) is 11.2 Å². The second-order valence-electron chi connectivity index (χ2n) is 8.93. The number of halogens is 1. The third kappa shape index (κ3) is 6.15. The molecule has 0 aliphatic rings. The summed E-state index contributed by atoms with van der Waals surface area (Å²) in [5, 5.41) is 29.3. The van der Waals surface area contributed by atoms with Gasteiger partial charge in [-0.1, -0.05) is 42.5 Å². The SMILES string of the molecule is CC(C)n1c(CCC(O)CC(O)CC(=O)O)c(-c2ccc(F)cc2)c(-c2ccccc2)c1C(N)=O. The van der Waals surface area contributed by atoms with Crippen LogP contribution in [0.25, 0.3) is 22.3 Å². The summed E-state index contributed by atoms with van der Waals surface area (Å²) in [6.07, 6.45) is -2.14. The Kier molecular flexibility index (Phi) is 8.43. The highest BCUT2D eigenvalue weighted by molar-refractivity contribution is 6.04. The van der Waals surface area contributed by atoms with Crippen molar-refractivity contribution < 1.29 is 29.3 Å². The number of benzene rings is 2. The minimum absolute atomic E-state index is 0.0885. The first-order valence-electron chi connectivity index (χ1n) is 11.6. The quantitative estimate of drug-likeness (QED) is 0.327. The summed E-state index contributed by atoms with van der Waals surface area (Å²) in [6, 6.07) is 15.2. The van der Waals surface area contributed by atoms with Crippen molar-refractivity contribution in [1.82, 2.24) is 4.57 Å². The van der Waals surface area contributed by atoms with E-state index in [0.29, 0.717) is 23.2 Å². The molecule has 0 aliphatic heterocycles. The van der Waals surface area contributed by atoms with Gasteiger partial charge in [0.15, 0.2) is 0 Å². The van der Waals surface area contributed by atoms with Crippen molar-refractivity contribution >= 4 is 11.9 Å². The molecule has 8 heteroatoms. The van der Waals surface area contributed by atoms with Gasteiger partial charge in [0.05, 0.1) is 18.6 Å². The van der Waals surface area contributed by atoms with Gasteiger partial charge < -0.3 is 25.6 Å². The van der Waals surface area contributed by atoms with Crippen LogP contribution in [0.15, 0.2) is 54.6 Å². The van der Waals surface area contributed by atoms with E-state index in [2.05, 4.69) is 0 Å². The summed E-state index contributed by atoms with van der Waals surface area (Å²) in [4.78, 5) is 23.6. The van der Waals surface area contributed by atoms with Crippen molar-refractivity contribution in [2.75, 3.05) is 0 Å². The zero-order chi connectivity index (χ0) is 25.7. The first-order valence-corrected chi connectivity index (χ1v) is 11.6. The van der Waals surface area contributed by atoms with Crippen LogP contribution in [0.5, 0.6) is 0 Å². The van der Waals surface area contributed by atoms with E-state index in [4.69, 9.17) is 10.8 Å². The van der Waals surface area contributed by atoms with Crippen LogP contribution in [0.3, 0.4) is 0 Å². The van der Waals surface area contributed by atoms with E-state index < -0.39 is 36.3 Å². The molecule has 0 radical (unpaired) electrons. The standard InChI is InChI=1S/C27H31FN2O5/c1-16(2)30-22(13-12-20(31)14-21(32)15-23(33)34)24(18-8-10-19(28)11-9-18)25(26(30)27(29)35)17-6-4-3-5-7-17/h3-11,16,20-21,31-32H,12-15H2,1-2H3,(H2,29,35)(H,33,34). The lowest BCUT2D eigenvalue weighted by Crippen LogP contribution is -2.22. The number of amides is 1. The molecule has 3 aromatic rings. The van der Waals surface area contributed by atoms with E-state index in [1.54, 1.807) is 12.1 Å². The maximum atomic E-state index is 13.8. The molecule has 0 saturated carbocycles. The number of aliphatic carboxylic acids is 1. The van der Waals surface area contributed by atoms with Crippen molar-refractivity contribution in [1.29, 1.82) is 0 Å². The number of rotatable bonds is 11. The number of hydrogen-bond donors (Lipinski definition) is 4. The number of nitrogens with two attached hydrogens (primary N) is 1. The van der Waals surface area contributed by atoms with Crippen LogP contribution in [0, 0.1) is 5.82 Å². The number of carboxylic acid groups (broad SMARTS) is 1. The Bertz CT molecular complexity index is 1170. The van der Waals surface area contributed by atoms with Crippen molar-refractivity contribution in [3.63, 3.8) is 0 Å². The third-order valence-electron chi connectivity index (χ3n) is 5.92. The summed E-state index contributed by atoms with van der Waals surface area (Å²) in [7, 11) is 0. The monoisotopic (exact) mass is 482 g/mol. The van der Waals surface area contributed by atoms with Crippen LogP contribution >= 0.6 is 0 Å².